The first-order valence-corrected chi connectivity index (χ1v) is 4.38. The van der Waals surface area contributed by atoms with Crippen molar-refractivity contribution in [3.05, 3.63) is 23.4 Å². The van der Waals surface area contributed by atoms with E-state index in [2.05, 4.69) is 11.1 Å². The van der Waals surface area contributed by atoms with Crippen molar-refractivity contribution in [3.63, 3.8) is 0 Å². The number of methoxy groups -OCH3 is 1. The normalized spacial score (nSPS) is 12.6. The molecule has 0 aromatic carbocycles. The minimum absolute atomic E-state index is 0.176. The maximum atomic E-state index is 5.69. The van der Waals surface area contributed by atoms with Crippen LogP contribution < -0.4 is 10.5 Å². The standard InChI is InChI=1S/C10H16N2O/c1-7-4-9(5-8(2)11)6-12-10(7)13-3/h4,6,8H,5,11H2,1-3H3/t8-/m0/s1. The van der Waals surface area contributed by atoms with Gasteiger partial charge in [0.2, 0.25) is 5.88 Å². The van der Waals surface area contributed by atoms with Gasteiger partial charge in [-0.25, -0.2) is 4.98 Å². The summed E-state index contributed by atoms with van der Waals surface area (Å²) in [6.07, 6.45) is 2.67. The number of hydrogen-bond acceptors (Lipinski definition) is 3. The third-order valence-corrected chi connectivity index (χ3v) is 1.84. The molecule has 1 aromatic heterocycles. The van der Waals surface area contributed by atoms with Crippen molar-refractivity contribution < 1.29 is 4.74 Å². The molecule has 0 aliphatic rings. The van der Waals surface area contributed by atoms with Crippen LogP contribution >= 0.6 is 0 Å². The van der Waals surface area contributed by atoms with Crippen LogP contribution in [-0.2, 0) is 6.42 Å². The molecule has 0 unspecified atom stereocenters. The number of aryl methyl sites for hydroxylation is 1. The molecule has 0 radical (unpaired) electrons. The lowest BCUT2D eigenvalue weighted by Gasteiger charge is -2.07. The first-order chi connectivity index (χ1) is 6.13. The molecule has 3 heteroatoms. The van der Waals surface area contributed by atoms with Gasteiger partial charge in [0.15, 0.2) is 0 Å². The summed E-state index contributed by atoms with van der Waals surface area (Å²) in [4.78, 5) is 4.17. The summed E-state index contributed by atoms with van der Waals surface area (Å²) in [5.74, 6) is 0.688. The largest absolute Gasteiger partial charge is 0.481 e. The van der Waals surface area contributed by atoms with Crippen molar-refractivity contribution in [2.24, 2.45) is 5.73 Å². The van der Waals surface area contributed by atoms with Crippen LogP contribution in [0.5, 0.6) is 5.88 Å². The molecule has 0 saturated heterocycles. The fourth-order valence-electron chi connectivity index (χ4n) is 1.32. The molecule has 0 saturated carbocycles. The summed E-state index contributed by atoms with van der Waals surface area (Å²) in [7, 11) is 1.63. The highest BCUT2D eigenvalue weighted by molar-refractivity contribution is 5.28. The number of nitrogens with zero attached hydrogens (tertiary/aromatic N) is 1. The molecule has 0 bridgehead atoms. The Morgan fingerprint density at radius 1 is 1.62 bits per heavy atom. The van der Waals surface area contributed by atoms with Gasteiger partial charge in [0.1, 0.15) is 0 Å². The quantitative estimate of drug-likeness (QED) is 0.762. The van der Waals surface area contributed by atoms with E-state index in [-0.39, 0.29) is 6.04 Å². The predicted octanol–water partition coefficient (Wildman–Crippen LogP) is 1.29. The number of rotatable bonds is 3. The van der Waals surface area contributed by atoms with Crippen molar-refractivity contribution in [3.8, 4) is 5.88 Å². The second-order valence-corrected chi connectivity index (χ2v) is 3.35. The zero-order valence-corrected chi connectivity index (χ0v) is 8.37. The molecule has 0 amide bonds. The topological polar surface area (TPSA) is 48.1 Å². The van der Waals surface area contributed by atoms with Crippen LogP contribution in [0, 0.1) is 6.92 Å². The zero-order chi connectivity index (χ0) is 9.84. The first kappa shape index (κ1) is 9.99. The van der Waals surface area contributed by atoms with Gasteiger partial charge in [-0.15, -0.1) is 0 Å². The van der Waals surface area contributed by atoms with Gasteiger partial charge in [0, 0.05) is 17.8 Å². The van der Waals surface area contributed by atoms with Crippen molar-refractivity contribution >= 4 is 0 Å². The van der Waals surface area contributed by atoms with E-state index in [4.69, 9.17) is 10.5 Å². The Bertz CT molecular complexity index is 284. The average molecular weight is 180 g/mol. The van der Waals surface area contributed by atoms with Crippen LogP contribution in [0.1, 0.15) is 18.1 Å². The summed E-state index contributed by atoms with van der Waals surface area (Å²) < 4.78 is 5.06. The molecule has 1 rings (SSSR count). The van der Waals surface area contributed by atoms with E-state index in [1.807, 2.05) is 20.0 Å². The maximum absolute atomic E-state index is 5.69. The van der Waals surface area contributed by atoms with Crippen molar-refractivity contribution in [2.45, 2.75) is 26.3 Å². The van der Waals surface area contributed by atoms with Crippen LogP contribution in [0.4, 0.5) is 0 Å². The van der Waals surface area contributed by atoms with Crippen LogP contribution in [-0.4, -0.2) is 18.1 Å². The average Bonchev–Trinajstić information content (AvgIpc) is 2.03. The summed E-state index contributed by atoms with van der Waals surface area (Å²) >= 11 is 0. The molecule has 72 valence electrons. The first-order valence-electron chi connectivity index (χ1n) is 4.38. The van der Waals surface area contributed by atoms with Crippen LogP contribution in [0.15, 0.2) is 12.3 Å². The third-order valence-electron chi connectivity index (χ3n) is 1.84. The highest BCUT2D eigenvalue weighted by atomic mass is 16.5. The second kappa shape index (κ2) is 4.23. The van der Waals surface area contributed by atoms with Crippen molar-refractivity contribution in [2.75, 3.05) is 7.11 Å². The van der Waals surface area contributed by atoms with Crippen molar-refractivity contribution in [1.82, 2.24) is 4.98 Å². The Morgan fingerprint density at radius 3 is 2.77 bits per heavy atom. The molecule has 1 atom stereocenters. The highest BCUT2D eigenvalue weighted by Crippen LogP contribution is 2.15. The molecule has 0 fully saturated rings. The molecule has 0 aliphatic carbocycles. The molecule has 1 heterocycles. The summed E-state index contributed by atoms with van der Waals surface area (Å²) in [6.45, 7) is 3.97. The van der Waals surface area contributed by atoms with E-state index in [9.17, 15) is 0 Å². The lowest BCUT2D eigenvalue weighted by atomic mass is 10.1. The number of pyridine rings is 1. The van der Waals surface area contributed by atoms with Crippen molar-refractivity contribution in [1.29, 1.82) is 0 Å². The minimum atomic E-state index is 0.176. The Hall–Kier alpha value is -1.09. The Balaban J connectivity index is 2.83. The summed E-state index contributed by atoms with van der Waals surface area (Å²) in [5.41, 5.74) is 7.90. The Morgan fingerprint density at radius 2 is 2.31 bits per heavy atom. The lowest BCUT2D eigenvalue weighted by molar-refractivity contribution is 0.394. The van der Waals surface area contributed by atoms with Crippen LogP contribution in [0.25, 0.3) is 0 Å². The van der Waals surface area contributed by atoms with E-state index in [1.165, 1.54) is 0 Å². The molecular formula is C10H16N2O. The number of nitrogens with two attached hydrogens (primary N) is 1. The van der Waals surface area contributed by atoms with Gasteiger partial charge >= 0.3 is 0 Å². The number of ether oxygens (including phenoxy) is 1. The van der Waals surface area contributed by atoms with Crippen LogP contribution in [0.2, 0.25) is 0 Å². The fourth-order valence-corrected chi connectivity index (χ4v) is 1.32. The number of aromatic nitrogens is 1. The molecule has 0 aliphatic heterocycles. The van der Waals surface area contributed by atoms with Gasteiger partial charge in [-0.1, -0.05) is 0 Å². The monoisotopic (exact) mass is 180 g/mol. The van der Waals surface area contributed by atoms with E-state index in [0.717, 1.165) is 17.5 Å². The van der Waals surface area contributed by atoms with Gasteiger partial charge in [0.25, 0.3) is 0 Å². The minimum Gasteiger partial charge on any atom is -0.481 e. The molecule has 1 aromatic rings. The smallest absolute Gasteiger partial charge is 0.215 e. The van der Waals surface area contributed by atoms with E-state index in [0.29, 0.717) is 5.88 Å². The predicted molar refractivity (Wildman–Crippen MR) is 52.9 cm³/mol. The van der Waals surface area contributed by atoms with Gasteiger partial charge in [0.05, 0.1) is 7.11 Å². The van der Waals surface area contributed by atoms with E-state index in [1.54, 1.807) is 7.11 Å². The van der Waals surface area contributed by atoms with E-state index < -0.39 is 0 Å². The fraction of sp³-hybridized carbons (Fsp3) is 0.500. The van der Waals surface area contributed by atoms with Gasteiger partial charge in [-0.05, 0) is 31.9 Å². The molecule has 0 spiro atoms. The molecule has 2 N–H and O–H groups in total. The maximum Gasteiger partial charge on any atom is 0.215 e. The van der Waals surface area contributed by atoms with Gasteiger partial charge in [-0.3, -0.25) is 0 Å². The number of hydrogen-bond donors (Lipinski definition) is 1. The summed E-state index contributed by atoms with van der Waals surface area (Å²) in [6, 6.07) is 2.24. The lowest BCUT2D eigenvalue weighted by Crippen LogP contribution is -2.17. The van der Waals surface area contributed by atoms with Gasteiger partial charge in [-0.2, -0.15) is 0 Å². The molecule has 13 heavy (non-hydrogen) atoms. The van der Waals surface area contributed by atoms with E-state index >= 15 is 0 Å². The van der Waals surface area contributed by atoms with Crippen LogP contribution in [0.3, 0.4) is 0 Å². The molecular weight excluding hydrogens is 164 g/mol. The zero-order valence-electron chi connectivity index (χ0n) is 8.37. The second-order valence-electron chi connectivity index (χ2n) is 3.35. The van der Waals surface area contributed by atoms with Gasteiger partial charge < -0.3 is 10.5 Å². The highest BCUT2D eigenvalue weighted by Gasteiger charge is 2.02. The Labute approximate surface area is 78.9 Å². The molecule has 3 nitrogen and oxygen atoms in total. The Kier molecular flexibility index (Phi) is 3.25. The third kappa shape index (κ3) is 2.70. The summed E-state index contributed by atoms with van der Waals surface area (Å²) in [5, 5.41) is 0. The SMILES string of the molecule is COc1ncc(C[C@H](C)N)cc1C.